The molecule has 0 saturated heterocycles. The molecule has 2 aromatic rings. The van der Waals surface area contributed by atoms with Crippen LogP contribution in [0.1, 0.15) is 38.8 Å². The molecule has 0 radical (unpaired) electrons. The first kappa shape index (κ1) is 23.3. The molecule has 2 N–H and O–H groups in total. The number of nitrogens with one attached hydrogen (secondary N) is 2. The van der Waals surface area contributed by atoms with Crippen molar-refractivity contribution >= 4 is 34.9 Å². The average Bonchev–Trinajstić information content (AvgIpc) is 2.68. The zero-order chi connectivity index (χ0) is 22.3. The van der Waals surface area contributed by atoms with Crippen molar-refractivity contribution in [3.63, 3.8) is 0 Å². The molecule has 0 bridgehead atoms. The number of anilines is 1. The Labute approximate surface area is 182 Å². The lowest BCUT2D eigenvalue weighted by atomic mass is 9.92. The highest BCUT2D eigenvalue weighted by molar-refractivity contribution is 6.32. The number of urea groups is 1. The Morgan fingerprint density at radius 3 is 2.57 bits per heavy atom. The van der Waals surface area contributed by atoms with E-state index in [4.69, 9.17) is 21.1 Å². The van der Waals surface area contributed by atoms with Crippen LogP contribution in [0.25, 0.3) is 5.57 Å². The third-order valence-electron chi connectivity index (χ3n) is 4.34. The lowest BCUT2D eigenvalue weighted by Gasteiger charge is -2.27. The van der Waals surface area contributed by atoms with Crippen molar-refractivity contribution in [3.05, 3.63) is 65.2 Å². The molecule has 0 aliphatic rings. The van der Waals surface area contributed by atoms with E-state index in [-0.39, 0.29) is 25.0 Å². The van der Waals surface area contributed by atoms with Gasteiger partial charge in [0.05, 0.1) is 17.2 Å². The minimum absolute atomic E-state index is 0.267. The van der Waals surface area contributed by atoms with Crippen LogP contribution >= 0.6 is 11.6 Å². The number of benzene rings is 2. The molecule has 6 nitrogen and oxygen atoms in total. The molecule has 0 atom stereocenters. The smallest absolute Gasteiger partial charge is 0.344 e. The summed E-state index contributed by atoms with van der Waals surface area (Å²) < 4.78 is 10.2. The molecule has 2 rings (SSSR count). The molecule has 160 valence electrons. The van der Waals surface area contributed by atoms with Gasteiger partial charge in [0.1, 0.15) is 5.75 Å². The van der Waals surface area contributed by atoms with Crippen LogP contribution in [0.4, 0.5) is 10.5 Å². The molecule has 2 amide bonds. The summed E-state index contributed by atoms with van der Waals surface area (Å²) in [5.41, 5.74) is 2.78. The third kappa shape index (κ3) is 6.52. The molecule has 0 spiro atoms. The van der Waals surface area contributed by atoms with Crippen LogP contribution in [0, 0.1) is 0 Å². The van der Waals surface area contributed by atoms with Crippen molar-refractivity contribution in [2.24, 2.45) is 0 Å². The van der Waals surface area contributed by atoms with Gasteiger partial charge in [-0.15, -0.1) is 0 Å². The maximum atomic E-state index is 12.6. The fourth-order valence-corrected chi connectivity index (χ4v) is 2.89. The molecule has 0 aromatic heterocycles. The number of halogens is 1. The molecule has 2 aromatic carbocycles. The summed E-state index contributed by atoms with van der Waals surface area (Å²) in [6.45, 7) is 11.4. The summed E-state index contributed by atoms with van der Waals surface area (Å²) in [5, 5.41) is 6.05. The summed E-state index contributed by atoms with van der Waals surface area (Å²) in [6, 6.07) is 12.3. The lowest BCUT2D eigenvalue weighted by molar-refractivity contribution is -0.145. The normalized spacial score (nSPS) is 10.8. The Balaban J connectivity index is 2.06. The van der Waals surface area contributed by atoms with E-state index in [0.717, 1.165) is 16.7 Å². The first-order chi connectivity index (χ1) is 14.1. The fourth-order valence-electron chi connectivity index (χ4n) is 2.72. The van der Waals surface area contributed by atoms with Gasteiger partial charge in [0.2, 0.25) is 0 Å². The van der Waals surface area contributed by atoms with Crippen molar-refractivity contribution in [1.82, 2.24) is 5.32 Å². The van der Waals surface area contributed by atoms with Crippen molar-refractivity contribution in [3.8, 4) is 5.75 Å². The highest BCUT2D eigenvalue weighted by Crippen LogP contribution is 2.28. The summed E-state index contributed by atoms with van der Waals surface area (Å²) in [7, 11) is 0. The molecular formula is C23H27ClN2O4. The van der Waals surface area contributed by atoms with Crippen LogP contribution in [0.15, 0.2) is 49.0 Å². The second kappa shape index (κ2) is 10.2. The highest BCUT2D eigenvalue weighted by atomic mass is 35.5. The summed E-state index contributed by atoms with van der Waals surface area (Å²) in [5.74, 6) is -0.223. The number of carbonyl (C=O) groups is 2. The second-order valence-electron chi connectivity index (χ2n) is 7.30. The number of rotatable bonds is 8. The Morgan fingerprint density at radius 1 is 1.17 bits per heavy atom. The monoisotopic (exact) mass is 430 g/mol. The number of ether oxygens (including phenoxy) is 2. The van der Waals surface area contributed by atoms with Crippen molar-refractivity contribution in [2.45, 2.75) is 33.2 Å². The van der Waals surface area contributed by atoms with Crippen molar-refractivity contribution < 1.29 is 19.1 Å². The van der Waals surface area contributed by atoms with Gasteiger partial charge in [0.25, 0.3) is 0 Å². The first-order valence-corrected chi connectivity index (χ1v) is 9.93. The van der Waals surface area contributed by atoms with E-state index >= 15 is 0 Å². The predicted octanol–water partition coefficient (Wildman–Crippen LogP) is 5.37. The number of hydrogen-bond donors (Lipinski definition) is 2. The van der Waals surface area contributed by atoms with E-state index in [1.165, 1.54) is 0 Å². The maximum Gasteiger partial charge on any atom is 0.344 e. The molecule has 0 saturated carbocycles. The van der Waals surface area contributed by atoms with Gasteiger partial charge >= 0.3 is 12.0 Å². The molecule has 0 fully saturated rings. The third-order valence-corrected chi connectivity index (χ3v) is 4.66. The Morgan fingerprint density at radius 2 is 1.90 bits per heavy atom. The van der Waals surface area contributed by atoms with Crippen molar-refractivity contribution in [2.75, 3.05) is 18.5 Å². The number of carbonyl (C=O) groups excluding carboxylic acids is 2. The van der Waals surface area contributed by atoms with Crippen LogP contribution in [-0.2, 0) is 15.1 Å². The van der Waals surface area contributed by atoms with Gasteiger partial charge in [-0.05, 0) is 57.0 Å². The molecule has 0 unspecified atom stereocenters. The van der Waals surface area contributed by atoms with E-state index in [9.17, 15) is 9.59 Å². The zero-order valence-corrected chi connectivity index (χ0v) is 18.4. The van der Waals surface area contributed by atoms with Crippen LogP contribution in [-0.4, -0.2) is 25.2 Å². The van der Waals surface area contributed by atoms with Gasteiger partial charge in [0, 0.05) is 11.8 Å². The number of esters is 1. The largest absolute Gasteiger partial charge is 0.480 e. The zero-order valence-electron chi connectivity index (χ0n) is 17.7. The Kier molecular flexibility index (Phi) is 7.89. The van der Waals surface area contributed by atoms with E-state index in [1.807, 2.05) is 45.0 Å². The molecular weight excluding hydrogens is 404 g/mol. The minimum atomic E-state index is -0.620. The fraction of sp³-hybridized carbons (Fsp3) is 0.304. The highest BCUT2D eigenvalue weighted by Gasteiger charge is 2.23. The Bertz CT molecular complexity index is 941. The maximum absolute atomic E-state index is 12.6. The van der Waals surface area contributed by atoms with Gasteiger partial charge in [-0.2, -0.15) is 0 Å². The van der Waals surface area contributed by atoms with Gasteiger partial charge in [-0.25, -0.2) is 9.59 Å². The van der Waals surface area contributed by atoms with Gasteiger partial charge in [-0.3, -0.25) is 0 Å². The summed E-state index contributed by atoms with van der Waals surface area (Å²) in [4.78, 5) is 24.1. The summed E-state index contributed by atoms with van der Waals surface area (Å²) in [6.07, 6.45) is 0. The van der Waals surface area contributed by atoms with Gasteiger partial charge in [0.15, 0.2) is 6.61 Å². The lowest BCUT2D eigenvalue weighted by Crippen LogP contribution is -2.43. The SMILES string of the molecule is C=C(C)c1cccc(C(C)(C)NC(=O)Nc2ccc(Cl)c(OCC(=O)OCC)c2)c1. The van der Waals surface area contributed by atoms with Crippen LogP contribution in [0.5, 0.6) is 5.75 Å². The van der Waals surface area contributed by atoms with Crippen LogP contribution < -0.4 is 15.4 Å². The number of allylic oxidation sites excluding steroid dienone is 1. The quantitative estimate of drug-likeness (QED) is 0.552. The minimum Gasteiger partial charge on any atom is -0.480 e. The Hall–Kier alpha value is -2.99. The molecule has 7 heteroatoms. The van der Waals surface area contributed by atoms with Gasteiger partial charge < -0.3 is 20.1 Å². The number of hydrogen-bond acceptors (Lipinski definition) is 4. The van der Waals surface area contributed by atoms with E-state index in [1.54, 1.807) is 25.1 Å². The second-order valence-corrected chi connectivity index (χ2v) is 7.71. The number of amides is 2. The standard InChI is InChI=1S/C23H27ClN2O4/c1-6-29-21(27)14-30-20-13-18(10-11-19(20)24)25-22(28)26-23(4,5)17-9-7-8-16(12-17)15(2)3/h7-13H,2,6,14H2,1,3-5H3,(H2,25,26,28). The molecule has 0 heterocycles. The molecule has 30 heavy (non-hydrogen) atoms. The first-order valence-electron chi connectivity index (χ1n) is 9.56. The van der Waals surface area contributed by atoms with Crippen molar-refractivity contribution in [1.29, 1.82) is 0 Å². The van der Waals surface area contributed by atoms with Crippen LogP contribution in [0.3, 0.4) is 0 Å². The van der Waals surface area contributed by atoms with E-state index < -0.39 is 11.5 Å². The van der Waals surface area contributed by atoms with E-state index in [0.29, 0.717) is 10.7 Å². The van der Waals surface area contributed by atoms with Crippen LogP contribution in [0.2, 0.25) is 5.02 Å². The molecule has 0 aliphatic carbocycles. The predicted molar refractivity (Wildman–Crippen MR) is 120 cm³/mol. The van der Waals surface area contributed by atoms with E-state index in [2.05, 4.69) is 17.2 Å². The molecule has 0 aliphatic heterocycles. The topological polar surface area (TPSA) is 76.7 Å². The average molecular weight is 431 g/mol. The summed E-state index contributed by atoms with van der Waals surface area (Å²) >= 11 is 6.11. The van der Waals surface area contributed by atoms with Gasteiger partial charge in [-0.1, -0.05) is 42.0 Å².